The molecule has 0 amide bonds. The molecule has 2 rings (SSSR count). The van der Waals surface area contributed by atoms with E-state index in [1.165, 1.54) is 6.08 Å². The van der Waals surface area contributed by atoms with Gasteiger partial charge >= 0.3 is 6.18 Å². The van der Waals surface area contributed by atoms with Gasteiger partial charge in [-0.05, 0) is 29.8 Å². The van der Waals surface area contributed by atoms with Crippen molar-refractivity contribution in [2.24, 2.45) is 0 Å². The van der Waals surface area contributed by atoms with Crippen LogP contribution in [-0.2, 0) is 6.18 Å². The van der Waals surface area contributed by atoms with E-state index in [1.807, 2.05) is 0 Å². The number of ketones is 1. The van der Waals surface area contributed by atoms with Crippen molar-refractivity contribution < 1.29 is 22.4 Å². The van der Waals surface area contributed by atoms with E-state index in [-0.39, 0.29) is 0 Å². The SMILES string of the molecule is O=C(/C=C/c1ccccc1)c1ccc(F)cc1C(F)(F)F. The third-order valence-electron chi connectivity index (χ3n) is 2.78. The van der Waals surface area contributed by atoms with Crippen molar-refractivity contribution in [3.63, 3.8) is 0 Å². The van der Waals surface area contributed by atoms with Gasteiger partial charge in [0.2, 0.25) is 0 Å². The number of benzene rings is 2. The number of allylic oxidation sites excluding steroid dienone is 1. The first kappa shape index (κ1) is 15.0. The molecule has 1 nitrogen and oxygen atoms in total. The van der Waals surface area contributed by atoms with Crippen LogP contribution in [0.2, 0.25) is 0 Å². The third-order valence-corrected chi connectivity index (χ3v) is 2.78. The molecule has 0 fully saturated rings. The number of hydrogen-bond donors (Lipinski definition) is 0. The molecule has 0 unspecified atom stereocenters. The lowest BCUT2D eigenvalue weighted by molar-refractivity contribution is -0.138. The average Bonchev–Trinajstić information content (AvgIpc) is 2.45. The Morgan fingerprint density at radius 2 is 1.67 bits per heavy atom. The van der Waals surface area contributed by atoms with Crippen molar-refractivity contribution in [2.75, 3.05) is 0 Å². The molecule has 0 atom stereocenters. The molecule has 0 aliphatic rings. The van der Waals surface area contributed by atoms with E-state index >= 15 is 0 Å². The van der Waals surface area contributed by atoms with Crippen LogP contribution in [0.25, 0.3) is 6.08 Å². The molecule has 0 spiro atoms. The molecular formula is C16H10F4O. The molecule has 21 heavy (non-hydrogen) atoms. The van der Waals surface area contributed by atoms with Crippen molar-refractivity contribution in [2.45, 2.75) is 6.18 Å². The smallest absolute Gasteiger partial charge is 0.289 e. The van der Waals surface area contributed by atoms with Crippen molar-refractivity contribution in [1.82, 2.24) is 0 Å². The van der Waals surface area contributed by atoms with E-state index in [1.54, 1.807) is 30.3 Å². The summed E-state index contributed by atoms with van der Waals surface area (Å²) in [7, 11) is 0. The average molecular weight is 294 g/mol. The van der Waals surface area contributed by atoms with Gasteiger partial charge in [-0.2, -0.15) is 13.2 Å². The second-order valence-corrected chi connectivity index (χ2v) is 4.30. The van der Waals surface area contributed by atoms with Gasteiger partial charge in [-0.25, -0.2) is 4.39 Å². The molecule has 0 saturated carbocycles. The van der Waals surface area contributed by atoms with Gasteiger partial charge in [0.1, 0.15) is 5.82 Å². The Hall–Kier alpha value is -2.43. The number of alkyl halides is 3. The Morgan fingerprint density at radius 1 is 1.00 bits per heavy atom. The van der Waals surface area contributed by atoms with Gasteiger partial charge in [0.15, 0.2) is 5.78 Å². The van der Waals surface area contributed by atoms with E-state index in [9.17, 15) is 22.4 Å². The topological polar surface area (TPSA) is 17.1 Å². The van der Waals surface area contributed by atoms with Gasteiger partial charge < -0.3 is 0 Å². The summed E-state index contributed by atoms with van der Waals surface area (Å²) in [6.45, 7) is 0. The second kappa shape index (κ2) is 5.91. The molecule has 108 valence electrons. The van der Waals surface area contributed by atoms with Crippen LogP contribution in [0.4, 0.5) is 17.6 Å². The summed E-state index contributed by atoms with van der Waals surface area (Å²) in [5, 5.41) is 0. The highest BCUT2D eigenvalue weighted by molar-refractivity contribution is 6.07. The quantitative estimate of drug-likeness (QED) is 0.454. The minimum absolute atomic E-state index is 0.323. The second-order valence-electron chi connectivity index (χ2n) is 4.30. The van der Waals surface area contributed by atoms with Crippen molar-refractivity contribution in [3.8, 4) is 0 Å². The van der Waals surface area contributed by atoms with Gasteiger partial charge in [-0.15, -0.1) is 0 Å². The third kappa shape index (κ3) is 3.78. The first-order valence-corrected chi connectivity index (χ1v) is 6.02. The molecule has 0 N–H and O–H groups in total. The van der Waals surface area contributed by atoms with Crippen LogP contribution in [-0.4, -0.2) is 5.78 Å². The predicted octanol–water partition coefficient (Wildman–Crippen LogP) is 4.74. The van der Waals surface area contributed by atoms with E-state index in [0.29, 0.717) is 11.6 Å². The minimum atomic E-state index is -4.78. The summed E-state index contributed by atoms with van der Waals surface area (Å²) in [6.07, 6.45) is -2.34. The van der Waals surface area contributed by atoms with Gasteiger partial charge in [-0.3, -0.25) is 4.79 Å². The fourth-order valence-corrected chi connectivity index (χ4v) is 1.79. The molecule has 2 aromatic carbocycles. The number of rotatable bonds is 3. The van der Waals surface area contributed by atoms with Crippen LogP contribution in [0.3, 0.4) is 0 Å². The van der Waals surface area contributed by atoms with E-state index < -0.39 is 28.9 Å². The molecule has 0 heterocycles. The summed E-state index contributed by atoms with van der Waals surface area (Å²) >= 11 is 0. The first-order valence-electron chi connectivity index (χ1n) is 6.02. The monoisotopic (exact) mass is 294 g/mol. The van der Waals surface area contributed by atoms with E-state index in [4.69, 9.17) is 0 Å². The van der Waals surface area contributed by atoms with Crippen LogP contribution >= 0.6 is 0 Å². The lowest BCUT2D eigenvalue weighted by atomic mass is 10.0. The van der Waals surface area contributed by atoms with Crippen LogP contribution < -0.4 is 0 Å². The lowest BCUT2D eigenvalue weighted by Crippen LogP contribution is -2.12. The van der Waals surface area contributed by atoms with Gasteiger partial charge in [0, 0.05) is 5.56 Å². The summed E-state index contributed by atoms with van der Waals surface area (Å²) in [6, 6.07) is 10.7. The van der Waals surface area contributed by atoms with E-state index in [0.717, 1.165) is 18.2 Å². The van der Waals surface area contributed by atoms with Crippen LogP contribution in [0.1, 0.15) is 21.5 Å². The van der Waals surface area contributed by atoms with Gasteiger partial charge in [0.25, 0.3) is 0 Å². The number of carbonyl (C=O) groups excluding carboxylic acids is 1. The number of hydrogen-bond acceptors (Lipinski definition) is 1. The van der Waals surface area contributed by atoms with Crippen LogP contribution in [0.5, 0.6) is 0 Å². The highest BCUT2D eigenvalue weighted by atomic mass is 19.4. The maximum absolute atomic E-state index is 13.0. The van der Waals surface area contributed by atoms with Crippen molar-refractivity contribution >= 4 is 11.9 Å². The maximum atomic E-state index is 13.0. The predicted molar refractivity (Wildman–Crippen MR) is 71.2 cm³/mol. The lowest BCUT2D eigenvalue weighted by Gasteiger charge is -2.10. The van der Waals surface area contributed by atoms with Crippen LogP contribution in [0.15, 0.2) is 54.6 Å². The molecule has 5 heteroatoms. The number of halogens is 4. The Balaban J connectivity index is 2.34. The summed E-state index contributed by atoms with van der Waals surface area (Å²) in [5.41, 5.74) is -1.16. The normalized spacial score (nSPS) is 11.8. The number of carbonyl (C=O) groups is 1. The molecule has 0 aliphatic heterocycles. The molecular weight excluding hydrogens is 284 g/mol. The fourth-order valence-electron chi connectivity index (χ4n) is 1.79. The summed E-state index contributed by atoms with van der Waals surface area (Å²) in [5.74, 6) is -1.86. The van der Waals surface area contributed by atoms with Gasteiger partial charge in [-0.1, -0.05) is 36.4 Å². The molecule has 0 saturated heterocycles. The fraction of sp³-hybridized carbons (Fsp3) is 0.0625. The van der Waals surface area contributed by atoms with E-state index in [2.05, 4.69) is 0 Å². The zero-order chi connectivity index (χ0) is 15.5. The van der Waals surface area contributed by atoms with Crippen LogP contribution in [0, 0.1) is 5.82 Å². The molecule has 0 bridgehead atoms. The Morgan fingerprint density at radius 3 is 2.29 bits per heavy atom. The Bertz CT molecular complexity index is 672. The Kier molecular flexibility index (Phi) is 4.21. The zero-order valence-corrected chi connectivity index (χ0v) is 10.7. The largest absolute Gasteiger partial charge is 0.417 e. The molecule has 0 aliphatic carbocycles. The minimum Gasteiger partial charge on any atom is -0.289 e. The highest BCUT2D eigenvalue weighted by Crippen LogP contribution is 2.32. The standard InChI is InChI=1S/C16H10F4O/c17-12-7-8-13(14(10-12)16(18,19)20)15(21)9-6-11-4-2-1-3-5-11/h1-10H/b9-6+. The Labute approximate surface area is 118 Å². The maximum Gasteiger partial charge on any atom is 0.417 e. The molecule has 2 aromatic rings. The first-order chi connectivity index (χ1) is 9.88. The molecule has 0 aromatic heterocycles. The summed E-state index contributed by atoms with van der Waals surface area (Å²) in [4.78, 5) is 11.9. The van der Waals surface area contributed by atoms with Crippen molar-refractivity contribution in [1.29, 1.82) is 0 Å². The van der Waals surface area contributed by atoms with Gasteiger partial charge in [0.05, 0.1) is 5.56 Å². The summed E-state index contributed by atoms with van der Waals surface area (Å²) < 4.78 is 51.4. The molecule has 0 radical (unpaired) electrons. The zero-order valence-electron chi connectivity index (χ0n) is 10.7. The van der Waals surface area contributed by atoms with Crippen molar-refractivity contribution in [3.05, 3.63) is 77.1 Å². The highest BCUT2D eigenvalue weighted by Gasteiger charge is 2.35.